The smallest absolute Gasteiger partial charge is 0.323 e. The summed E-state index contributed by atoms with van der Waals surface area (Å²) in [7, 11) is 1.55. The van der Waals surface area contributed by atoms with Gasteiger partial charge in [0.15, 0.2) is 0 Å². The number of rotatable bonds is 4. The third kappa shape index (κ3) is 4.00. The first-order valence-corrected chi connectivity index (χ1v) is 8.24. The van der Waals surface area contributed by atoms with E-state index in [-0.39, 0.29) is 17.9 Å². The van der Waals surface area contributed by atoms with Crippen LogP contribution in [0.4, 0.5) is 16.2 Å². The van der Waals surface area contributed by atoms with Crippen molar-refractivity contribution in [2.45, 2.75) is 13.3 Å². The van der Waals surface area contributed by atoms with Crippen molar-refractivity contribution in [1.29, 1.82) is 0 Å². The molecule has 1 aliphatic rings. The van der Waals surface area contributed by atoms with Crippen LogP contribution in [0.25, 0.3) is 0 Å². The number of methoxy groups -OCH3 is 1. The van der Waals surface area contributed by atoms with Gasteiger partial charge in [-0.1, -0.05) is 31.2 Å². The number of para-hydroxylation sites is 2. The first-order chi connectivity index (χ1) is 12.6. The van der Waals surface area contributed by atoms with Gasteiger partial charge in [0.2, 0.25) is 5.91 Å². The zero-order valence-corrected chi connectivity index (χ0v) is 14.6. The van der Waals surface area contributed by atoms with Gasteiger partial charge in [0.05, 0.1) is 18.5 Å². The normalized spacial score (nSPS) is 16.3. The predicted molar refractivity (Wildman–Crippen MR) is 101 cm³/mol. The molecule has 1 heterocycles. The molecule has 3 N–H and O–H groups in total. The van der Waals surface area contributed by atoms with Crippen LogP contribution >= 0.6 is 0 Å². The average molecular weight is 352 g/mol. The number of amides is 3. The molecule has 0 aliphatic carbocycles. The molecule has 2 aromatic carbocycles. The quantitative estimate of drug-likeness (QED) is 0.789. The summed E-state index contributed by atoms with van der Waals surface area (Å²) < 4.78 is 5.21. The fraction of sp³-hybridized carbons (Fsp3) is 0.211. The van der Waals surface area contributed by atoms with E-state index in [4.69, 9.17) is 4.74 Å². The molecule has 0 spiro atoms. The second-order valence-electron chi connectivity index (χ2n) is 5.99. The van der Waals surface area contributed by atoms with E-state index in [2.05, 4.69) is 21.2 Å². The Hall–Kier alpha value is -3.35. The fourth-order valence-electron chi connectivity index (χ4n) is 2.76. The van der Waals surface area contributed by atoms with Gasteiger partial charge in [-0.15, -0.1) is 0 Å². The van der Waals surface area contributed by atoms with Crippen LogP contribution in [0.3, 0.4) is 0 Å². The number of anilines is 2. The maximum atomic E-state index is 12.2. The minimum absolute atomic E-state index is 0.0522. The molecule has 3 amide bonds. The standard InChI is InChI=1S/C19H20N4O3/c1-12-11-17(24)22-23-18(12)13-7-9-14(10-8-13)20-19(25)21-15-5-3-4-6-16(15)26-2/h3-10,12H,11H2,1-2H3,(H,22,24)(H2,20,21,25). The van der Waals surface area contributed by atoms with Crippen molar-refractivity contribution in [3.05, 3.63) is 54.1 Å². The van der Waals surface area contributed by atoms with Crippen LogP contribution in [-0.4, -0.2) is 24.8 Å². The lowest BCUT2D eigenvalue weighted by molar-refractivity contribution is -0.121. The van der Waals surface area contributed by atoms with Crippen molar-refractivity contribution in [3.8, 4) is 5.75 Å². The molecular weight excluding hydrogens is 332 g/mol. The highest BCUT2D eigenvalue weighted by Gasteiger charge is 2.21. The van der Waals surface area contributed by atoms with Crippen LogP contribution in [0.1, 0.15) is 18.9 Å². The van der Waals surface area contributed by atoms with Gasteiger partial charge in [-0.3, -0.25) is 4.79 Å². The Morgan fingerprint density at radius 1 is 1.15 bits per heavy atom. The average Bonchev–Trinajstić information content (AvgIpc) is 2.63. The van der Waals surface area contributed by atoms with E-state index in [9.17, 15) is 9.59 Å². The van der Waals surface area contributed by atoms with Crippen LogP contribution < -0.4 is 20.8 Å². The van der Waals surface area contributed by atoms with E-state index >= 15 is 0 Å². The molecule has 134 valence electrons. The van der Waals surface area contributed by atoms with Crippen molar-refractivity contribution in [3.63, 3.8) is 0 Å². The lowest BCUT2D eigenvalue weighted by atomic mass is 9.94. The molecule has 7 nitrogen and oxygen atoms in total. The van der Waals surface area contributed by atoms with Crippen LogP contribution in [0.2, 0.25) is 0 Å². The molecule has 0 aromatic heterocycles. The molecule has 0 bridgehead atoms. The van der Waals surface area contributed by atoms with Crippen molar-refractivity contribution >= 4 is 29.0 Å². The zero-order chi connectivity index (χ0) is 18.5. The van der Waals surface area contributed by atoms with Crippen LogP contribution in [0, 0.1) is 5.92 Å². The van der Waals surface area contributed by atoms with Gasteiger partial charge < -0.3 is 15.4 Å². The fourth-order valence-corrected chi connectivity index (χ4v) is 2.76. The van der Waals surface area contributed by atoms with Gasteiger partial charge in [0.1, 0.15) is 5.75 Å². The Morgan fingerprint density at radius 3 is 2.58 bits per heavy atom. The number of nitrogens with zero attached hydrogens (tertiary/aromatic N) is 1. The number of carbonyl (C=O) groups excluding carboxylic acids is 2. The predicted octanol–water partition coefficient (Wildman–Crippen LogP) is 3.20. The molecule has 7 heteroatoms. The van der Waals surface area contributed by atoms with Gasteiger partial charge in [-0.25, -0.2) is 10.2 Å². The Balaban J connectivity index is 1.66. The van der Waals surface area contributed by atoms with Gasteiger partial charge in [-0.05, 0) is 29.8 Å². The summed E-state index contributed by atoms with van der Waals surface area (Å²) in [5.41, 5.74) is 5.48. The summed E-state index contributed by atoms with van der Waals surface area (Å²) in [6.45, 7) is 1.96. The summed E-state index contributed by atoms with van der Waals surface area (Å²) in [4.78, 5) is 23.5. The Kier molecular flexibility index (Phi) is 5.17. The lowest BCUT2D eigenvalue weighted by Crippen LogP contribution is -2.31. The molecule has 1 unspecified atom stereocenters. The molecule has 1 aliphatic heterocycles. The van der Waals surface area contributed by atoms with Crippen LogP contribution in [0.15, 0.2) is 53.6 Å². The summed E-state index contributed by atoms with van der Waals surface area (Å²) in [5.74, 6) is 0.563. The highest BCUT2D eigenvalue weighted by Crippen LogP contribution is 2.23. The first kappa shape index (κ1) is 17.5. The van der Waals surface area contributed by atoms with Gasteiger partial charge in [-0.2, -0.15) is 5.10 Å². The number of nitrogens with one attached hydrogen (secondary N) is 3. The molecule has 0 saturated heterocycles. The maximum absolute atomic E-state index is 12.2. The van der Waals surface area contributed by atoms with E-state index in [1.54, 1.807) is 31.4 Å². The van der Waals surface area contributed by atoms with Crippen LogP contribution in [-0.2, 0) is 4.79 Å². The summed E-state index contributed by atoms with van der Waals surface area (Å²) >= 11 is 0. The van der Waals surface area contributed by atoms with E-state index < -0.39 is 0 Å². The lowest BCUT2D eigenvalue weighted by Gasteiger charge is -2.19. The van der Waals surface area contributed by atoms with E-state index in [0.717, 1.165) is 11.3 Å². The van der Waals surface area contributed by atoms with Crippen LogP contribution in [0.5, 0.6) is 5.75 Å². The van der Waals surface area contributed by atoms with Crippen molar-refractivity contribution in [1.82, 2.24) is 5.43 Å². The van der Waals surface area contributed by atoms with Gasteiger partial charge in [0.25, 0.3) is 0 Å². The molecule has 0 saturated carbocycles. The Bertz CT molecular complexity index is 846. The number of hydrogen-bond donors (Lipinski definition) is 3. The second-order valence-corrected chi connectivity index (χ2v) is 5.99. The highest BCUT2D eigenvalue weighted by molar-refractivity contribution is 6.06. The number of carbonyl (C=O) groups is 2. The number of benzene rings is 2. The molecule has 1 atom stereocenters. The number of hydrazone groups is 1. The summed E-state index contributed by atoms with van der Waals surface area (Å²) in [6.07, 6.45) is 0.417. The Labute approximate surface area is 151 Å². The minimum atomic E-state index is -0.363. The van der Waals surface area contributed by atoms with Crippen molar-refractivity contribution in [2.75, 3.05) is 17.7 Å². The molecule has 2 aromatic rings. The minimum Gasteiger partial charge on any atom is -0.495 e. The van der Waals surface area contributed by atoms with Gasteiger partial charge in [0, 0.05) is 18.0 Å². The third-order valence-electron chi connectivity index (χ3n) is 4.05. The molecular formula is C19H20N4O3. The molecule has 0 fully saturated rings. The van der Waals surface area contributed by atoms with E-state index in [1.807, 2.05) is 31.2 Å². The molecule has 26 heavy (non-hydrogen) atoms. The topological polar surface area (TPSA) is 91.8 Å². The van der Waals surface area contributed by atoms with Crippen molar-refractivity contribution < 1.29 is 14.3 Å². The van der Waals surface area contributed by atoms with Crippen molar-refractivity contribution in [2.24, 2.45) is 11.0 Å². The zero-order valence-electron chi connectivity index (χ0n) is 14.6. The monoisotopic (exact) mass is 352 g/mol. The van der Waals surface area contributed by atoms with E-state index in [1.165, 1.54) is 0 Å². The second kappa shape index (κ2) is 7.69. The summed E-state index contributed by atoms with van der Waals surface area (Å²) in [5, 5.41) is 9.66. The SMILES string of the molecule is COc1ccccc1NC(=O)Nc1ccc(C2=NNC(=O)CC2C)cc1. The first-order valence-electron chi connectivity index (χ1n) is 8.24. The Morgan fingerprint density at radius 2 is 1.88 bits per heavy atom. The molecule has 3 rings (SSSR count). The largest absolute Gasteiger partial charge is 0.495 e. The molecule has 0 radical (unpaired) electrons. The third-order valence-corrected chi connectivity index (χ3v) is 4.05. The van der Waals surface area contributed by atoms with E-state index in [0.29, 0.717) is 23.5 Å². The number of hydrogen-bond acceptors (Lipinski definition) is 4. The van der Waals surface area contributed by atoms with Gasteiger partial charge >= 0.3 is 6.03 Å². The highest BCUT2D eigenvalue weighted by atomic mass is 16.5. The number of urea groups is 1. The maximum Gasteiger partial charge on any atom is 0.323 e. The number of ether oxygens (including phenoxy) is 1. The summed E-state index contributed by atoms with van der Waals surface area (Å²) in [6, 6.07) is 14.1.